The first-order chi connectivity index (χ1) is 23.6. The monoisotopic (exact) mass is 775 g/mol. The number of hydrogen-bond donors (Lipinski definition) is 2. The molecule has 1 amide bonds. The van der Waals surface area contributed by atoms with Crippen LogP contribution in [0.25, 0.3) is 0 Å². The Labute approximate surface area is 293 Å². The normalized spacial score (nSPS) is 12.0. The molecule has 0 spiro atoms. The first-order valence-corrected chi connectivity index (χ1v) is 17.8. The number of halogens is 7. The number of hydrogen-bond acceptors (Lipinski definition) is 6. The largest absolute Gasteiger partial charge is 0.417 e. The molecule has 4 rings (SSSR count). The molecule has 0 aliphatic carbocycles. The standard InChI is InChI=1S/C17H16F3N3O3S.C16H12ClF3O3S/c1-2-10-8-14(27(25,26)11-6-4-3-5-7-11)13(17(18,19)20)9-12(10)15(24)23-16(21)22;1-2-10-8-14(24(22,23)11-6-4-3-5-7-11)13(16(18,19)20)9-12(10)15(17)21/h3-9H,2H2,1H3,(H4,21,22,23,24);3-9H,2H2,1H3. The van der Waals surface area contributed by atoms with E-state index in [9.17, 15) is 52.8 Å². The lowest BCUT2D eigenvalue weighted by Gasteiger charge is -2.17. The van der Waals surface area contributed by atoms with Crippen LogP contribution in [0.3, 0.4) is 0 Å². The number of amides is 1. The highest BCUT2D eigenvalue weighted by atomic mass is 35.5. The van der Waals surface area contributed by atoms with Crippen molar-refractivity contribution in [1.82, 2.24) is 0 Å². The molecule has 9 nitrogen and oxygen atoms in total. The van der Waals surface area contributed by atoms with Gasteiger partial charge in [0.2, 0.25) is 19.7 Å². The number of aliphatic imine (C=N–C) groups is 1. The molecule has 0 bridgehead atoms. The fourth-order valence-corrected chi connectivity index (χ4v) is 7.97. The van der Waals surface area contributed by atoms with Gasteiger partial charge in [-0.15, -0.1) is 0 Å². The zero-order valence-corrected chi connectivity index (χ0v) is 28.9. The van der Waals surface area contributed by atoms with Gasteiger partial charge in [-0.2, -0.15) is 31.3 Å². The van der Waals surface area contributed by atoms with Crippen LogP contribution >= 0.6 is 11.6 Å². The number of nitrogens with zero attached hydrogens (tertiary/aromatic N) is 1. The summed E-state index contributed by atoms with van der Waals surface area (Å²) in [6, 6.07) is 16.2. The third-order valence-electron chi connectivity index (χ3n) is 7.14. The molecule has 4 aromatic rings. The summed E-state index contributed by atoms with van der Waals surface area (Å²) >= 11 is 5.34. The van der Waals surface area contributed by atoms with Gasteiger partial charge in [-0.3, -0.25) is 9.59 Å². The van der Waals surface area contributed by atoms with E-state index < -0.39 is 75.6 Å². The zero-order chi connectivity index (χ0) is 38.5. The Balaban J connectivity index is 0.000000277. The summed E-state index contributed by atoms with van der Waals surface area (Å²) in [6.45, 7) is 3.15. The van der Waals surface area contributed by atoms with Crippen LogP contribution in [0.5, 0.6) is 0 Å². The number of carbonyl (C=O) groups is 2. The topological polar surface area (TPSA) is 167 Å². The van der Waals surface area contributed by atoms with E-state index >= 15 is 0 Å². The number of alkyl halides is 6. The van der Waals surface area contributed by atoms with Crippen molar-refractivity contribution in [2.24, 2.45) is 16.5 Å². The van der Waals surface area contributed by atoms with Gasteiger partial charge in [-0.05, 0) is 84.1 Å². The highest BCUT2D eigenvalue weighted by molar-refractivity contribution is 7.91. The number of nitrogens with two attached hydrogens (primary N) is 2. The van der Waals surface area contributed by atoms with Crippen molar-refractivity contribution < 1.29 is 52.8 Å². The third kappa shape index (κ3) is 9.33. The second kappa shape index (κ2) is 15.7. The predicted molar refractivity (Wildman–Crippen MR) is 176 cm³/mol. The van der Waals surface area contributed by atoms with Crippen LogP contribution in [-0.4, -0.2) is 33.9 Å². The average Bonchev–Trinajstić information content (AvgIpc) is 3.06. The highest BCUT2D eigenvalue weighted by Crippen LogP contribution is 2.40. The van der Waals surface area contributed by atoms with Gasteiger partial charge in [0, 0.05) is 11.1 Å². The molecule has 0 aliphatic heterocycles. The number of sulfone groups is 2. The van der Waals surface area contributed by atoms with Crippen molar-refractivity contribution in [1.29, 1.82) is 0 Å². The molecular formula is C33H28ClF6N3O6S2. The summed E-state index contributed by atoms with van der Waals surface area (Å²) in [5.74, 6) is -1.70. The van der Waals surface area contributed by atoms with Gasteiger partial charge < -0.3 is 11.5 Å². The second-order valence-corrected chi connectivity index (χ2v) is 14.6. The Bertz CT molecular complexity index is 2190. The highest BCUT2D eigenvalue weighted by Gasteiger charge is 2.40. The molecule has 0 atom stereocenters. The van der Waals surface area contributed by atoms with Gasteiger partial charge in [0.05, 0.1) is 30.7 Å². The molecule has 4 N–H and O–H groups in total. The summed E-state index contributed by atoms with van der Waals surface area (Å²) in [4.78, 5) is 24.3. The number of guanidine groups is 1. The smallest absolute Gasteiger partial charge is 0.370 e. The van der Waals surface area contributed by atoms with Gasteiger partial charge in [0.1, 0.15) is 0 Å². The molecular weight excluding hydrogens is 748 g/mol. The van der Waals surface area contributed by atoms with Gasteiger partial charge >= 0.3 is 12.4 Å². The molecule has 4 aromatic carbocycles. The minimum atomic E-state index is -5.02. The Hall–Kier alpha value is -4.74. The van der Waals surface area contributed by atoms with Gasteiger partial charge in [-0.1, -0.05) is 50.2 Å². The van der Waals surface area contributed by atoms with Crippen LogP contribution in [0, 0.1) is 0 Å². The summed E-state index contributed by atoms with van der Waals surface area (Å²) in [7, 11) is -8.87. The molecule has 18 heteroatoms. The molecule has 0 radical (unpaired) electrons. The number of aryl methyl sites for hydroxylation is 2. The van der Waals surface area contributed by atoms with E-state index in [1.165, 1.54) is 54.6 Å². The summed E-state index contributed by atoms with van der Waals surface area (Å²) in [5, 5.41) is -1.07. The zero-order valence-electron chi connectivity index (χ0n) is 26.5. The lowest BCUT2D eigenvalue weighted by molar-refractivity contribution is -0.140. The molecule has 0 saturated carbocycles. The molecule has 0 fully saturated rings. The van der Waals surface area contributed by atoms with Crippen molar-refractivity contribution in [3.8, 4) is 0 Å². The van der Waals surface area contributed by atoms with Crippen LogP contribution in [0.15, 0.2) is 110 Å². The van der Waals surface area contributed by atoms with Crippen LogP contribution < -0.4 is 11.5 Å². The van der Waals surface area contributed by atoms with Crippen molar-refractivity contribution in [3.05, 3.63) is 118 Å². The van der Waals surface area contributed by atoms with Crippen molar-refractivity contribution >= 4 is 48.4 Å². The molecule has 51 heavy (non-hydrogen) atoms. The first-order valence-electron chi connectivity index (χ1n) is 14.5. The van der Waals surface area contributed by atoms with Crippen molar-refractivity contribution in [3.63, 3.8) is 0 Å². The first kappa shape index (κ1) is 40.7. The molecule has 0 saturated heterocycles. The number of carbonyl (C=O) groups excluding carboxylic acids is 2. The molecule has 0 aromatic heterocycles. The van der Waals surface area contributed by atoms with E-state index in [2.05, 4.69) is 4.99 Å². The second-order valence-electron chi connectivity index (χ2n) is 10.5. The summed E-state index contributed by atoms with van der Waals surface area (Å²) in [5.41, 5.74) is 6.80. The van der Waals surface area contributed by atoms with E-state index in [-0.39, 0.29) is 39.3 Å². The minimum Gasteiger partial charge on any atom is -0.370 e. The summed E-state index contributed by atoms with van der Waals surface area (Å²) < 4.78 is 132. The lowest BCUT2D eigenvalue weighted by Crippen LogP contribution is -2.24. The van der Waals surface area contributed by atoms with Crippen molar-refractivity contribution in [2.45, 2.75) is 58.6 Å². The Morgan fingerprint density at radius 1 is 0.647 bits per heavy atom. The van der Waals surface area contributed by atoms with Crippen LogP contribution in [0.1, 0.15) is 56.8 Å². The Morgan fingerprint density at radius 3 is 1.31 bits per heavy atom. The Kier molecular flexibility index (Phi) is 12.5. The molecule has 0 aliphatic rings. The van der Waals surface area contributed by atoms with E-state index in [0.29, 0.717) is 12.1 Å². The van der Waals surface area contributed by atoms with Crippen LogP contribution in [-0.2, 0) is 44.9 Å². The molecule has 0 heterocycles. The maximum atomic E-state index is 13.6. The maximum absolute atomic E-state index is 13.6. The fourth-order valence-electron chi connectivity index (χ4n) is 4.73. The molecule has 0 unspecified atom stereocenters. The van der Waals surface area contributed by atoms with Gasteiger partial charge in [0.25, 0.3) is 11.1 Å². The summed E-state index contributed by atoms with van der Waals surface area (Å²) in [6.07, 6.45) is -9.72. The van der Waals surface area contributed by atoms with E-state index in [1.807, 2.05) is 0 Å². The van der Waals surface area contributed by atoms with Crippen LogP contribution in [0.2, 0.25) is 0 Å². The SMILES string of the molecule is CCc1cc(S(=O)(=O)c2ccccc2)c(C(F)(F)F)cc1C(=O)Cl.CCc1cc(S(=O)(=O)c2ccccc2)c(C(F)(F)F)cc1C(=O)N=C(N)N. The quantitative estimate of drug-likeness (QED) is 0.0836. The maximum Gasteiger partial charge on any atom is 0.417 e. The lowest BCUT2D eigenvalue weighted by atomic mass is 10.0. The van der Waals surface area contributed by atoms with E-state index in [4.69, 9.17) is 23.1 Å². The number of rotatable bonds is 8. The van der Waals surface area contributed by atoms with Gasteiger partial charge in [-0.25, -0.2) is 16.8 Å². The van der Waals surface area contributed by atoms with E-state index in [0.717, 1.165) is 12.1 Å². The van der Waals surface area contributed by atoms with Crippen molar-refractivity contribution in [2.75, 3.05) is 0 Å². The number of benzene rings is 4. The third-order valence-corrected chi connectivity index (χ3v) is 11.0. The van der Waals surface area contributed by atoms with Crippen LogP contribution in [0.4, 0.5) is 26.3 Å². The average molecular weight is 776 g/mol. The fraction of sp³-hybridized carbons (Fsp3) is 0.182. The predicted octanol–water partition coefficient (Wildman–Crippen LogP) is 6.99. The van der Waals surface area contributed by atoms with E-state index in [1.54, 1.807) is 19.9 Å². The Morgan fingerprint density at radius 2 is 1.00 bits per heavy atom. The minimum absolute atomic E-state index is 0.0764. The molecule has 272 valence electrons. The van der Waals surface area contributed by atoms with Gasteiger partial charge in [0.15, 0.2) is 5.96 Å².